The number of carbonyl (C=O) groups is 1. The molecule has 1 fully saturated rings. The Labute approximate surface area is 154 Å². The average Bonchev–Trinajstić information content (AvgIpc) is 2.62. The molecule has 2 aliphatic heterocycles. The minimum Gasteiger partial charge on any atom is -0.348 e. The van der Waals surface area contributed by atoms with Gasteiger partial charge in [-0.15, -0.1) is 12.4 Å². The van der Waals surface area contributed by atoms with Gasteiger partial charge in [-0.25, -0.2) is 0 Å². The fourth-order valence-corrected chi connectivity index (χ4v) is 4.32. The third kappa shape index (κ3) is 3.67. The quantitative estimate of drug-likeness (QED) is 0.809. The summed E-state index contributed by atoms with van der Waals surface area (Å²) in [5, 5.41) is 6.37. The smallest absolute Gasteiger partial charge is 0.263 e. The van der Waals surface area contributed by atoms with Crippen LogP contribution in [0.3, 0.4) is 0 Å². The van der Waals surface area contributed by atoms with Gasteiger partial charge in [-0.05, 0) is 56.7 Å². The fraction of sp³-hybridized carbons (Fsp3) is 0.579. The van der Waals surface area contributed by atoms with Gasteiger partial charge in [0.15, 0.2) is 0 Å². The van der Waals surface area contributed by atoms with Crippen molar-refractivity contribution in [3.8, 4) is 0 Å². The Kier molecular flexibility index (Phi) is 5.64. The van der Waals surface area contributed by atoms with Crippen LogP contribution in [0.5, 0.6) is 0 Å². The van der Waals surface area contributed by atoms with Crippen LogP contribution >= 0.6 is 12.4 Å². The van der Waals surface area contributed by atoms with E-state index in [1.165, 1.54) is 18.4 Å². The highest BCUT2D eigenvalue weighted by Crippen LogP contribution is 2.31. The molecule has 2 N–H and O–H groups in total. The number of hydrogen-bond donors (Lipinski definition) is 2. The van der Waals surface area contributed by atoms with E-state index in [9.17, 15) is 9.59 Å². The van der Waals surface area contributed by atoms with E-state index >= 15 is 0 Å². The third-order valence-electron chi connectivity index (χ3n) is 5.61. The maximum absolute atomic E-state index is 12.8. The zero-order valence-electron chi connectivity index (χ0n) is 14.4. The molecule has 0 saturated carbocycles. The number of nitrogens with one attached hydrogen (secondary N) is 2. The summed E-state index contributed by atoms with van der Waals surface area (Å²) in [5.74, 6) is 0.657. The lowest BCUT2D eigenvalue weighted by molar-refractivity contribution is 0.0953. The molecule has 6 heteroatoms. The zero-order valence-corrected chi connectivity index (χ0v) is 15.2. The summed E-state index contributed by atoms with van der Waals surface area (Å²) >= 11 is 0. The Bertz CT molecular complexity index is 741. The van der Waals surface area contributed by atoms with Crippen molar-refractivity contribution in [3.05, 3.63) is 45.4 Å². The van der Waals surface area contributed by atoms with Crippen LogP contribution in [0.1, 0.15) is 54.1 Å². The summed E-state index contributed by atoms with van der Waals surface area (Å²) in [6, 6.07) is 3.69. The molecule has 2 atom stereocenters. The van der Waals surface area contributed by atoms with Gasteiger partial charge in [0, 0.05) is 31.2 Å². The van der Waals surface area contributed by atoms with Crippen LogP contribution in [-0.2, 0) is 6.54 Å². The van der Waals surface area contributed by atoms with E-state index in [2.05, 4.69) is 16.7 Å². The molecular formula is C19H26ClN3O2. The van der Waals surface area contributed by atoms with Crippen molar-refractivity contribution in [2.75, 3.05) is 19.6 Å². The van der Waals surface area contributed by atoms with Gasteiger partial charge in [-0.2, -0.15) is 0 Å². The van der Waals surface area contributed by atoms with Crippen molar-refractivity contribution in [1.29, 1.82) is 0 Å². The Hall–Kier alpha value is -1.59. The van der Waals surface area contributed by atoms with E-state index in [4.69, 9.17) is 0 Å². The highest BCUT2D eigenvalue weighted by molar-refractivity contribution is 5.94. The summed E-state index contributed by atoms with van der Waals surface area (Å²) in [5.41, 5.74) is 2.52. The molecular weight excluding hydrogens is 338 g/mol. The second-order valence-electron chi connectivity index (χ2n) is 7.34. The van der Waals surface area contributed by atoms with Gasteiger partial charge in [-0.1, -0.05) is 11.6 Å². The van der Waals surface area contributed by atoms with Crippen molar-refractivity contribution < 1.29 is 4.79 Å². The van der Waals surface area contributed by atoms with E-state index in [0.717, 1.165) is 44.6 Å². The Morgan fingerprint density at radius 3 is 2.96 bits per heavy atom. The molecule has 0 radical (unpaired) electrons. The van der Waals surface area contributed by atoms with Gasteiger partial charge in [0.25, 0.3) is 11.5 Å². The molecule has 1 amide bonds. The lowest BCUT2D eigenvalue weighted by Crippen LogP contribution is -2.46. The molecule has 1 aromatic rings. The first kappa shape index (κ1) is 18.2. The van der Waals surface area contributed by atoms with Gasteiger partial charge in [-0.3, -0.25) is 9.59 Å². The number of amides is 1. The van der Waals surface area contributed by atoms with Crippen LogP contribution in [0.2, 0.25) is 0 Å². The fourth-order valence-electron chi connectivity index (χ4n) is 4.32. The molecule has 136 valence electrons. The van der Waals surface area contributed by atoms with Gasteiger partial charge < -0.3 is 15.2 Å². The molecule has 1 aromatic heterocycles. The number of aromatic nitrogens is 1. The molecule has 2 bridgehead atoms. The molecule has 5 nitrogen and oxygen atoms in total. The molecule has 0 aromatic carbocycles. The van der Waals surface area contributed by atoms with Crippen molar-refractivity contribution in [2.24, 2.45) is 5.92 Å². The normalized spacial score (nSPS) is 24.6. The van der Waals surface area contributed by atoms with Gasteiger partial charge in [0.05, 0.1) is 0 Å². The number of nitrogens with zero attached hydrogens (tertiary/aromatic N) is 1. The van der Waals surface area contributed by atoms with Crippen molar-refractivity contribution in [3.63, 3.8) is 0 Å². The average molecular weight is 364 g/mol. The van der Waals surface area contributed by atoms with E-state index in [1.807, 2.05) is 10.6 Å². The van der Waals surface area contributed by atoms with Crippen LogP contribution in [0.4, 0.5) is 0 Å². The van der Waals surface area contributed by atoms with Crippen LogP contribution in [0.25, 0.3) is 0 Å². The molecule has 1 saturated heterocycles. The van der Waals surface area contributed by atoms with E-state index in [0.29, 0.717) is 18.4 Å². The summed E-state index contributed by atoms with van der Waals surface area (Å²) in [7, 11) is 0. The number of allylic oxidation sites excluding steroid dienone is 1. The number of halogens is 1. The number of rotatable bonds is 3. The van der Waals surface area contributed by atoms with E-state index in [-0.39, 0.29) is 29.4 Å². The third-order valence-corrected chi connectivity index (χ3v) is 5.61. The summed E-state index contributed by atoms with van der Waals surface area (Å²) in [6.07, 6.45) is 7.95. The van der Waals surface area contributed by atoms with Crippen molar-refractivity contribution in [2.45, 2.75) is 44.6 Å². The second-order valence-corrected chi connectivity index (χ2v) is 7.34. The molecule has 3 aliphatic rings. The number of hydrogen-bond acceptors (Lipinski definition) is 3. The topological polar surface area (TPSA) is 63.1 Å². The van der Waals surface area contributed by atoms with E-state index < -0.39 is 0 Å². The SMILES string of the molecule is Cl.O=C(NCC1=CCCCC1)c1ccc2n(c1=O)C[C@@H]1CNC[C@H]2C1. The molecule has 25 heavy (non-hydrogen) atoms. The Morgan fingerprint density at radius 1 is 1.28 bits per heavy atom. The number of fused-ring (bicyclic) bond motifs is 4. The number of carbonyl (C=O) groups excluding carboxylic acids is 1. The number of piperidine rings is 1. The van der Waals surface area contributed by atoms with Crippen molar-refractivity contribution >= 4 is 18.3 Å². The first-order chi connectivity index (χ1) is 11.7. The Morgan fingerprint density at radius 2 is 2.16 bits per heavy atom. The first-order valence-electron chi connectivity index (χ1n) is 9.13. The molecule has 1 aliphatic carbocycles. The first-order valence-corrected chi connectivity index (χ1v) is 9.13. The van der Waals surface area contributed by atoms with Crippen LogP contribution in [-0.4, -0.2) is 30.1 Å². The minimum absolute atomic E-state index is 0. The maximum atomic E-state index is 12.8. The summed E-state index contributed by atoms with van der Waals surface area (Å²) in [6.45, 7) is 3.18. The standard InChI is InChI=1S/C19H25N3O2.ClH/c23-18(21-10-13-4-2-1-3-5-13)16-6-7-17-15-8-14(9-20-11-15)12-22(17)19(16)24;/h4,6-7,14-15,20H,1-3,5,8-12H2,(H,21,23);1H/t14-,15+;/m0./s1. The van der Waals surface area contributed by atoms with E-state index in [1.54, 1.807) is 6.07 Å². The molecule has 3 heterocycles. The maximum Gasteiger partial charge on any atom is 0.263 e. The monoisotopic (exact) mass is 363 g/mol. The van der Waals surface area contributed by atoms with Crippen molar-refractivity contribution in [1.82, 2.24) is 15.2 Å². The predicted octanol–water partition coefficient (Wildman–Crippen LogP) is 2.21. The molecule has 0 spiro atoms. The van der Waals surface area contributed by atoms with Gasteiger partial charge in [0.2, 0.25) is 0 Å². The largest absolute Gasteiger partial charge is 0.348 e. The zero-order chi connectivity index (χ0) is 16.5. The van der Waals surface area contributed by atoms with Crippen LogP contribution < -0.4 is 16.2 Å². The highest BCUT2D eigenvalue weighted by Gasteiger charge is 2.31. The van der Waals surface area contributed by atoms with Gasteiger partial charge in [0.1, 0.15) is 5.56 Å². The van der Waals surface area contributed by atoms with Crippen LogP contribution in [0.15, 0.2) is 28.6 Å². The molecule has 4 rings (SSSR count). The second kappa shape index (κ2) is 7.75. The Balaban J connectivity index is 0.00000182. The number of pyridine rings is 1. The summed E-state index contributed by atoms with van der Waals surface area (Å²) < 4.78 is 1.84. The van der Waals surface area contributed by atoms with Crippen LogP contribution in [0, 0.1) is 5.92 Å². The lowest BCUT2D eigenvalue weighted by atomic mass is 9.84. The minimum atomic E-state index is -0.240. The van der Waals surface area contributed by atoms with Gasteiger partial charge >= 0.3 is 0 Å². The highest BCUT2D eigenvalue weighted by atomic mass is 35.5. The predicted molar refractivity (Wildman–Crippen MR) is 101 cm³/mol. The summed E-state index contributed by atoms with van der Waals surface area (Å²) in [4.78, 5) is 25.3. The lowest BCUT2D eigenvalue weighted by Gasteiger charge is -2.37. The molecule has 0 unspecified atom stereocenters.